The SMILES string of the molecule is C[C@H](NC(=O)C1CCN(C(=O)Nc2ccccc2)CC1)C1CC1. The van der Waals surface area contributed by atoms with Gasteiger partial charge in [-0.15, -0.1) is 0 Å². The second-order valence-electron chi connectivity index (χ2n) is 6.69. The summed E-state index contributed by atoms with van der Waals surface area (Å²) in [7, 11) is 0. The minimum Gasteiger partial charge on any atom is -0.353 e. The summed E-state index contributed by atoms with van der Waals surface area (Å²) in [4.78, 5) is 26.3. The normalized spacial score (nSPS) is 20.0. The second kappa shape index (κ2) is 7.02. The zero-order chi connectivity index (χ0) is 16.2. The smallest absolute Gasteiger partial charge is 0.321 e. The van der Waals surface area contributed by atoms with Crippen LogP contribution in [0.4, 0.5) is 10.5 Å². The molecule has 23 heavy (non-hydrogen) atoms. The van der Waals surface area contributed by atoms with Crippen molar-refractivity contribution in [2.24, 2.45) is 11.8 Å². The van der Waals surface area contributed by atoms with Crippen LogP contribution in [-0.2, 0) is 4.79 Å². The highest BCUT2D eigenvalue weighted by atomic mass is 16.2. The number of carbonyl (C=O) groups is 2. The Morgan fingerprint density at radius 2 is 1.74 bits per heavy atom. The van der Waals surface area contributed by atoms with Crippen molar-refractivity contribution in [3.8, 4) is 0 Å². The Hall–Kier alpha value is -2.04. The predicted octanol–water partition coefficient (Wildman–Crippen LogP) is 2.85. The van der Waals surface area contributed by atoms with E-state index < -0.39 is 0 Å². The highest BCUT2D eigenvalue weighted by molar-refractivity contribution is 5.89. The Bertz CT molecular complexity index is 549. The van der Waals surface area contributed by atoms with Gasteiger partial charge in [0.25, 0.3) is 0 Å². The Morgan fingerprint density at radius 3 is 2.35 bits per heavy atom. The molecule has 2 aliphatic rings. The van der Waals surface area contributed by atoms with E-state index in [1.165, 1.54) is 12.8 Å². The molecule has 2 N–H and O–H groups in total. The average molecular weight is 315 g/mol. The number of amides is 3. The summed E-state index contributed by atoms with van der Waals surface area (Å²) < 4.78 is 0. The largest absolute Gasteiger partial charge is 0.353 e. The molecule has 1 saturated carbocycles. The van der Waals surface area contributed by atoms with Gasteiger partial charge in [0.2, 0.25) is 5.91 Å². The molecule has 5 nitrogen and oxygen atoms in total. The molecule has 124 valence electrons. The Kier molecular flexibility index (Phi) is 4.84. The molecule has 0 bridgehead atoms. The van der Waals surface area contributed by atoms with Crippen molar-refractivity contribution < 1.29 is 9.59 Å². The fourth-order valence-electron chi connectivity index (χ4n) is 3.13. The molecule has 1 aromatic carbocycles. The van der Waals surface area contributed by atoms with Gasteiger partial charge >= 0.3 is 6.03 Å². The summed E-state index contributed by atoms with van der Waals surface area (Å²) >= 11 is 0. The molecule has 1 aliphatic heterocycles. The first kappa shape index (κ1) is 15.8. The van der Waals surface area contributed by atoms with Crippen LogP contribution in [0.15, 0.2) is 30.3 Å². The molecular formula is C18H25N3O2. The van der Waals surface area contributed by atoms with E-state index in [1.807, 2.05) is 30.3 Å². The van der Waals surface area contributed by atoms with E-state index in [2.05, 4.69) is 17.6 Å². The van der Waals surface area contributed by atoms with Gasteiger partial charge in [0.05, 0.1) is 0 Å². The predicted molar refractivity (Wildman–Crippen MR) is 90.1 cm³/mol. The van der Waals surface area contributed by atoms with Crippen LogP contribution in [0.2, 0.25) is 0 Å². The molecule has 1 aromatic rings. The highest BCUT2D eigenvalue weighted by Crippen LogP contribution is 2.32. The van der Waals surface area contributed by atoms with E-state index in [1.54, 1.807) is 4.90 Å². The summed E-state index contributed by atoms with van der Waals surface area (Å²) in [6.45, 7) is 3.36. The van der Waals surface area contributed by atoms with Crippen molar-refractivity contribution >= 4 is 17.6 Å². The van der Waals surface area contributed by atoms with Crippen LogP contribution in [0.1, 0.15) is 32.6 Å². The van der Waals surface area contributed by atoms with E-state index in [-0.39, 0.29) is 17.9 Å². The molecule has 2 fully saturated rings. The number of hydrogen-bond acceptors (Lipinski definition) is 2. The highest BCUT2D eigenvalue weighted by Gasteiger charge is 2.32. The van der Waals surface area contributed by atoms with Gasteiger partial charge in [0.1, 0.15) is 0 Å². The Balaban J connectivity index is 1.44. The lowest BCUT2D eigenvalue weighted by Crippen LogP contribution is -2.46. The molecule has 3 amide bonds. The molecule has 0 aromatic heterocycles. The molecule has 0 radical (unpaired) electrons. The van der Waals surface area contributed by atoms with Crippen molar-refractivity contribution in [1.29, 1.82) is 0 Å². The van der Waals surface area contributed by atoms with Crippen molar-refractivity contribution in [2.45, 2.75) is 38.6 Å². The number of nitrogens with zero attached hydrogens (tertiary/aromatic N) is 1. The minimum atomic E-state index is -0.0820. The van der Waals surface area contributed by atoms with Crippen LogP contribution < -0.4 is 10.6 Å². The van der Waals surface area contributed by atoms with Crippen molar-refractivity contribution in [2.75, 3.05) is 18.4 Å². The number of piperidine rings is 1. The van der Waals surface area contributed by atoms with Gasteiger partial charge in [0, 0.05) is 30.7 Å². The number of urea groups is 1. The summed E-state index contributed by atoms with van der Waals surface area (Å²) in [5.74, 6) is 0.875. The number of nitrogens with one attached hydrogen (secondary N) is 2. The molecule has 3 rings (SSSR count). The monoisotopic (exact) mass is 315 g/mol. The summed E-state index contributed by atoms with van der Waals surface area (Å²) in [6.07, 6.45) is 3.95. The fourth-order valence-corrected chi connectivity index (χ4v) is 3.13. The Labute approximate surface area is 137 Å². The average Bonchev–Trinajstić information content (AvgIpc) is 3.41. The summed E-state index contributed by atoms with van der Waals surface area (Å²) in [5, 5.41) is 6.03. The van der Waals surface area contributed by atoms with Gasteiger partial charge < -0.3 is 15.5 Å². The molecule has 1 aliphatic carbocycles. The second-order valence-corrected chi connectivity index (χ2v) is 6.69. The van der Waals surface area contributed by atoms with Crippen LogP contribution in [0, 0.1) is 11.8 Å². The van der Waals surface area contributed by atoms with E-state index in [9.17, 15) is 9.59 Å². The maximum atomic E-state index is 12.3. The number of benzene rings is 1. The number of carbonyl (C=O) groups excluding carboxylic acids is 2. The molecule has 1 saturated heterocycles. The van der Waals surface area contributed by atoms with Crippen LogP contribution in [-0.4, -0.2) is 36.0 Å². The van der Waals surface area contributed by atoms with Gasteiger partial charge in [0.15, 0.2) is 0 Å². The standard InChI is InChI=1S/C18H25N3O2/c1-13(14-7-8-14)19-17(22)15-9-11-21(12-10-15)18(23)20-16-5-3-2-4-6-16/h2-6,13-15H,7-12H2,1H3,(H,19,22)(H,20,23)/t13-/m0/s1. The van der Waals surface area contributed by atoms with E-state index in [0.717, 1.165) is 18.5 Å². The fraction of sp³-hybridized carbons (Fsp3) is 0.556. The third-order valence-corrected chi connectivity index (χ3v) is 4.88. The van der Waals surface area contributed by atoms with Crippen LogP contribution in [0.25, 0.3) is 0 Å². The number of anilines is 1. The first-order valence-electron chi connectivity index (χ1n) is 8.55. The van der Waals surface area contributed by atoms with Crippen molar-refractivity contribution in [3.63, 3.8) is 0 Å². The van der Waals surface area contributed by atoms with Gasteiger partial charge in [-0.3, -0.25) is 4.79 Å². The topological polar surface area (TPSA) is 61.4 Å². The quantitative estimate of drug-likeness (QED) is 0.897. The van der Waals surface area contributed by atoms with Crippen LogP contribution in [0.5, 0.6) is 0 Å². The maximum Gasteiger partial charge on any atom is 0.321 e. The molecule has 1 heterocycles. The molecule has 0 spiro atoms. The maximum absolute atomic E-state index is 12.3. The van der Waals surface area contributed by atoms with Crippen molar-refractivity contribution in [3.05, 3.63) is 30.3 Å². The molecule has 5 heteroatoms. The first-order chi connectivity index (χ1) is 11.1. The zero-order valence-corrected chi connectivity index (χ0v) is 13.6. The van der Waals surface area contributed by atoms with E-state index in [4.69, 9.17) is 0 Å². The van der Waals surface area contributed by atoms with Crippen molar-refractivity contribution in [1.82, 2.24) is 10.2 Å². The van der Waals surface area contributed by atoms with Crippen LogP contribution >= 0.6 is 0 Å². The lowest BCUT2D eigenvalue weighted by atomic mass is 9.95. The Morgan fingerprint density at radius 1 is 1.09 bits per heavy atom. The van der Waals surface area contributed by atoms with Crippen LogP contribution in [0.3, 0.4) is 0 Å². The number of likely N-dealkylation sites (tertiary alicyclic amines) is 1. The number of rotatable bonds is 4. The van der Waals surface area contributed by atoms with Gasteiger partial charge in [-0.05, 0) is 50.7 Å². The minimum absolute atomic E-state index is 0.0389. The van der Waals surface area contributed by atoms with Gasteiger partial charge in [-0.25, -0.2) is 4.79 Å². The molecule has 0 unspecified atom stereocenters. The summed E-state index contributed by atoms with van der Waals surface area (Å²) in [6, 6.07) is 9.67. The number of para-hydroxylation sites is 1. The molecular weight excluding hydrogens is 290 g/mol. The lowest BCUT2D eigenvalue weighted by molar-refractivity contribution is -0.127. The third kappa shape index (κ3) is 4.24. The molecule has 1 atom stereocenters. The number of hydrogen-bond donors (Lipinski definition) is 2. The third-order valence-electron chi connectivity index (χ3n) is 4.88. The van der Waals surface area contributed by atoms with E-state index in [0.29, 0.717) is 25.0 Å². The lowest BCUT2D eigenvalue weighted by Gasteiger charge is -2.32. The van der Waals surface area contributed by atoms with Gasteiger partial charge in [-0.1, -0.05) is 18.2 Å². The van der Waals surface area contributed by atoms with E-state index >= 15 is 0 Å². The first-order valence-corrected chi connectivity index (χ1v) is 8.55. The summed E-state index contributed by atoms with van der Waals surface area (Å²) in [5.41, 5.74) is 0.802. The van der Waals surface area contributed by atoms with Gasteiger partial charge in [-0.2, -0.15) is 0 Å². The zero-order valence-electron chi connectivity index (χ0n) is 13.6.